The number of rotatable bonds is 1. The minimum Gasteiger partial charge on any atom is -0.371 e. The molecule has 0 N–H and O–H groups in total. The van der Waals surface area contributed by atoms with Crippen LogP contribution in [0.15, 0.2) is 42.5 Å². The molecule has 1 radical (unpaired) electrons. The lowest BCUT2D eigenvalue weighted by Crippen LogP contribution is -2.29. The molecule has 0 amide bonds. The van der Waals surface area contributed by atoms with Crippen LogP contribution in [0.25, 0.3) is 10.8 Å². The van der Waals surface area contributed by atoms with Crippen LogP contribution in [0.2, 0.25) is 0 Å². The molecule has 1 aliphatic heterocycles. The average Bonchev–Trinajstić information content (AvgIpc) is 2.39. The summed E-state index contributed by atoms with van der Waals surface area (Å²) in [6.07, 6.45) is 4.81. The first kappa shape index (κ1) is 9.71. The van der Waals surface area contributed by atoms with E-state index < -0.39 is 0 Å². The molecule has 1 heterocycles. The number of benzene rings is 2. The summed E-state index contributed by atoms with van der Waals surface area (Å²) in [5.41, 5.74) is 1.39. The maximum Gasteiger partial charge on any atom is 0.0445 e. The first-order chi connectivity index (χ1) is 7.95. The first-order valence-electron chi connectivity index (χ1n) is 5.99. The lowest BCUT2D eigenvalue weighted by Gasteiger charge is -2.29. The van der Waals surface area contributed by atoms with Gasteiger partial charge in [-0.1, -0.05) is 36.4 Å². The molecule has 1 heteroatoms. The maximum absolute atomic E-state index is 2.50. The molecule has 1 fully saturated rings. The predicted octanol–water partition coefficient (Wildman–Crippen LogP) is 3.64. The molecule has 3 rings (SSSR count). The monoisotopic (exact) mass is 210 g/mol. The van der Waals surface area contributed by atoms with E-state index in [4.69, 9.17) is 0 Å². The van der Waals surface area contributed by atoms with Crippen LogP contribution in [0, 0.1) is 6.42 Å². The summed E-state index contributed by atoms with van der Waals surface area (Å²) in [7, 11) is 0. The molecule has 2 aromatic rings. The van der Waals surface area contributed by atoms with Gasteiger partial charge >= 0.3 is 0 Å². The molecule has 1 nitrogen and oxygen atoms in total. The highest BCUT2D eigenvalue weighted by molar-refractivity contribution is 5.94. The molecule has 0 saturated carbocycles. The third-order valence-corrected chi connectivity index (χ3v) is 3.31. The van der Waals surface area contributed by atoms with E-state index in [9.17, 15) is 0 Å². The van der Waals surface area contributed by atoms with Gasteiger partial charge < -0.3 is 4.90 Å². The van der Waals surface area contributed by atoms with Crippen LogP contribution in [0.4, 0.5) is 5.69 Å². The SMILES string of the molecule is [CH]1CCN(c2cccc3ccccc23)CC1. The van der Waals surface area contributed by atoms with E-state index in [0.717, 1.165) is 13.1 Å². The van der Waals surface area contributed by atoms with E-state index in [1.807, 2.05) is 0 Å². The largest absolute Gasteiger partial charge is 0.371 e. The smallest absolute Gasteiger partial charge is 0.0445 e. The van der Waals surface area contributed by atoms with Gasteiger partial charge in [0.15, 0.2) is 0 Å². The van der Waals surface area contributed by atoms with Crippen molar-refractivity contribution < 1.29 is 0 Å². The Morgan fingerprint density at radius 1 is 0.812 bits per heavy atom. The fraction of sp³-hybridized carbons (Fsp3) is 0.267. The number of anilines is 1. The summed E-state index contributed by atoms with van der Waals surface area (Å²) >= 11 is 0. The van der Waals surface area contributed by atoms with Crippen molar-refractivity contribution in [2.24, 2.45) is 0 Å². The van der Waals surface area contributed by atoms with E-state index in [2.05, 4.69) is 53.8 Å². The van der Waals surface area contributed by atoms with Gasteiger partial charge in [0.05, 0.1) is 0 Å². The van der Waals surface area contributed by atoms with Crippen molar-refractivity contribution in [1.29, 1.82) is 0 Å². The number of hydrogen-bond acceptors (Lipinski definition) is 1. The molecule has 16 heavy (non-hydrogen) atoms. The van der Waals surface area contributed by atoms with Crippen molar-refractivity contribution in [3.05, 3.63) is 48.9 Å². The summed E-state index contributed by atoms with van der Waals surface area (Å²) < 4.78 is 0. The van der Waals surface area contributed by atoms with Crippen molar-refractivity contribution in [1.82, 2.24) is 0 Å². The second-order valence-corrected chi connectivity index (χ2v) is 4.35. The molecule has 0 aliphatic carbocycles. The fourth-order valence-electron chi connectivity index (χ4n) is 2.48. The second kappa shape index (κ2) is 4.17. The van der Waals surface area contributed by atoms with Crippen LogP contribution in [0.5, 0.6) is 0 Å². The molecule has 81 valence electrons. The van der Waals surface area contributed by atoms with Crippen molar-refractivity contribution in [2.75, 3.05) is 18.0 Å². The van der Waals surface area contributed by atoms with E-state index in [-0.39, 0.29) is 0 Å². The zero-order valence-corrected chi connectivity index (χ0v) is 9.39. The molecular formula is C15H16N. The second-order valence-electron chi connectivity index (χ2n) is 4.35. The molecule has 0 aromatic heterocycles. The molecule has 0 unspecified atom stereocenters. The maximum atomic E-state index is 2.50. The third-order valence-electron chi connectivity index (χ3n) is 3.31. The van der Waals surface area contributed by atoms with E-state index in [1.165, 1.54) is 29.3 Å². The standard InChI is InChI=1S/C15H16N/c1-4-11-16(12-5-1)15-10-6-8-13-7-2-3-9-14(13)15/h1-3,6-10H,4-5,11-12H2. The number of piperidine rings is 1. The Morgan fingerprint density at radius 3 is 2.44 bits per heavy atom. The predicted molar refractivity (Wildman–Crippen MR) is 69.7 cm³/mol. The fourth-order valence-corrected chi connectivity index (χ4v) is 2.48. The number of nitrogens with zero attached hydrogens (tertiary/aromatic N) is 1. The normalized spacial score (nSPS) is 16.6. The van der Waals surface area contributed by atoms with Crippen molar-refractivity contribution in [3.63, 3.8) is 0 Å². The Balaban J connectivity index is 2.08. The van der Waals surface area contributed by atoms with Crippen LogP contribution >= 0.6 is 0 Å². The van der Waals surface area contributed by atoms with Gasteiger partial charge in [-0.05, 0) is 30.7 Å². The van der Waals surface area contributed by atoms with E-state index >= 15 is 0 Å². The van der Waals surface area contributed by atoms with Crippen LogP contribution in [0.3, 0.4) is 0 Å². The van der Waals surface area contributed by atoms with Crippen molar-refractivity contribution in [3.8, 4) is 0 Å². The Kier molecular flexibility index (Phi) is 2.53. The summed E-state index contributed by atoms with van der Waals surface area (Å²) in [5.74, 6) is 0. The van der Waals surface area contributed by atoms with Crippen LogP contribution in [0.1, 0.15) is 12.8 Å². The van der Waals surface area contributed by atoms with Gasteiger partial charge in [-0.3, -0.25) is 0 Å². The Hall–Kier alpha value is -1.50. The zero-order valence-electron chi connectivity index (χ0n) is 9.39. The van der Waals surface area contributed by atoms with Gasteiger partial charge in [-0.2, -0.15) is 0 Å². The molecule has 0 bridgehead atoms. The quantitative estimate of drug-likeness (QED) is 0.694. The highest BCUT2D eigenvalue weighted by Crippen LogP contribution is 2.28. The molecule has 1 saturated heterocycles. The molecule has 1 aliphatic rings. The summed E-state index contributed by atoms with van der Waals surface area (Å²) in [4.78, 5) is 2.50. The molecule has 0 atom stereocenters. The van der Waals surface area contributed by atoms with Gasteiger partial charge in [0, 0.05) is 24.2 Å². The summed E-state index contributed by atoms with van der Waals surface area (Å²) in [6, 6.07) is 15.2. The number of hydrogen-bond donors (Lipinski definition) is 0. The van der Waals surface area contributed by atoms with Gasteiger partial charge in [0.25, 0.3) is 0 Å². The minimum absolute atomic E-state index is 1.16. The molecule has 0 spiro atoms. The molecular weight excluding hydrogens is 194 g/mol. The lowest BCUT2D eigenvalue weighted by molar-refractivity contribution is 0.681. The average molecular weight is 210 g/mol. The van der Waals surface area contributed by atoms with Crippen LogP contribution in [-0.2, 0) is 0 Å². The Bertz CT molecular complexity index is 478. The van der Waals surface area contributed by atoms with Crippen LogP contribution < -0.4 is 4.90 Å². The Labute approximate surface area is 96.7 Å². The third kappa shape index (κ3) is 1.67. The summed E-state index contributed by atoms with van der Waals surface area (Å²) in [6.45, 7) is 2.32. The van der Waals surface area contributed by atoms with E-state index in [1.54, 1.807) is 0 Å². The van der Waals surface area contributed by atoms with Gasteiger partial charge in [-0.25, -0.2) is 0 Å². The van der Waals surface area contributed by atoms with Gasteiger partial charge in [0.2, 0.25) is 0 Å². The van der Waals surface area contributed by atoms with Crippen molar-refractivity contribution in [2.45, 2.75) is 12.8 Å². The Morgan fingerprint density at radius 2 is 1.56 bits per heavy atom. The zero-order chi connectivity index (χ0) is 10.8. The van der Waals surface area contributed by atoms with Crippen LogP contribution in [-0.4, -0.2) is 13.1 Å². The van der Waals surface area contributed by atoms with Gasteiger partial charge in [0.1, 0.15) is 0 Å². The van der Waals surface area contributed by atoms with Gasteiger partial charge in [-0.15, -0.1) is 0 Å². The first-order valence-corrected chi connectivity index (χ1v) is 5.99. The summed E-state index contributed by atoms with van der Waals surface area (Å²) in [5, 5.41) is 2.72. The minimum atomic E-state index is 1.16. The van der Waals surface area contributed by atoms with E-state index in [0.29, 0.717) is 0 Å². The highest BCUT2D eigenvalue weighted by atomic mass is 15.1. The number of fused-ring (bicyclic) bond motifs is 1. The molecule has 2 aromatic carbocycles. The van der Waals surface area contributed by atoms with Crippen molar-refractivity contribution >= 4 is 16.5 Å². The topological polar surface area (TPSA) is 3.24 Å². The lowest BCUT2D eigenvalue weighted by atomic mass is 10.1. The highest BCUT2D eigenvalue weighted by Gasteiger charge is 2.12.